The zero-order chi connectivity index (χ0) is 12.6. The minimum atomic E-state index is -4.60. The second kappa shape index (κ2) is 4.55. The van der Waals surface area contributed by atoms with Crippen molar-refractivity contribution >= 4 is 37.5 Å². The van der Waals surface area contributed by atoms with Crippen molar-refractivity contribution in [2.45, 2.75) is 18.7 Å². The number of halogens is 4. The highest BCUT2D eigenvalue weighted by Gasteiger charge is 2.38. The van der Waals surface area contributed by atoms with Gasteiger partial charge < -0.3 is 5.11 Å². The predicted octanol–water partition coefficient (Wildman–Crippen LogP) is 3.52. The molecule has 0 saturated carbocycles. The van der Waals surface area contributed by atoms with E-state index >= 15 is 0 Å². The Balaban J connectivity index is 2.25. The highest BCUT2D eigenvalue weighted by atomic mass is 79.9. The van der Waals surface area contributed by atoms with Crippen molar-refractivity contribution in [1.82, 2.24) is 4.98 Å². The van der Waals surface area contributed by atoms with Gasteiger partial charge >= 0.3 is 6.18 Å². The van der Waals surface area contributed by atoms with Gasteiger partial charge in [0.15, 0.2) is 6.10 Å². The SMILES string of the molecule is OC(Cc1nc2cc(Br)ccc2s1)C(F)(F)F. The Bertz CT molecular complexity index is 540. The molecule has 0 spiro atoms. The van der Waals surface area contributed by atoms with E-state index in [0.29, 0.717) is 5.52 Å². The average Bonchev–Trinajstić information content (AvgIpc) is 2.57. The molecule has 1 unspecified atom stereocenters. The smallest absolute Gasteiger partial charge is 0.383 e. The Hall–Kier alpha value is -0.660. The van der Waals surface area contributed by atoms with Crippen LogP contribution in [0.15, 0.2) is 22.7 Å². The molecule has 1 aromatic heterocycles. The highest BCUT2D eigenvalue weighted by Crippen LogP contribution is 2.28. The highest BCUT2D eigenvalue weighted by molar-refractivity contribution is 9.10. The number of rotatable bonds is 2. The third-order valence-corrected chi connectivity index (χ3v) is 3.69. The number of thiazole rings is 1. The molecular formula is C10H7BrF3NOS. The Morgan fingerprint density at radius 3 is 2.76 bits per heavy atom. The molecule has 1 aromatic carbocycles. The Kier molecular flexibility index (Phi) is 3.42. The number of benzene rings is 1. The second-order valence-corrected chi connectivity index (χ2v) is 5.51. The molecule has 0 radical (unpaired) electrons. The quantitative estimate of drug-likeness (QED) is 0.916. The Morgan fingerprint density at radius 2 is 2.12 bits per heavy atom. The maximum absolute atomic E-state index is 12.2. The first-order valence-electron chi connectivity index (χ1n) is 4.66. The summed E-state index contributed by atoms with van der Waals surface area (Å²) in [4.78, 5) is 4.06. The van der Waals surface area contributed by atoms with Gasteiger partial charge in [-0.15, -0.1) is 11.3 Å². The molecule has 0 saturated heterocycles. The van der Waals surface area contributed by atoms with Gasteiger partial charge in [0.1, 0.15) is 0 Å². The largest absolute Gasteiger partial charge is 0.414 e. The average molecular weight is 326 g/mol. The van der Waals surface area contributed by atoms with Crippen LogP contribution in [-0.4, -0.2) is 22.4 Å². The van der Waals surface area contributed by atoms with Crippen molar-refractivity contribution in [3.05, 3.63) is 27.7 Å². The lowest BCUT2D eigenvalue weighted by Crippen LogP contribution is -2.30. The van der Waals surface area contributed by atoms with Gasteiger partial charge in [-0.2, -0.15) is 13.2 Å². The van der Waals surface area contributed by atoms with Crippen molar-refractivity contribution in [2.24, 2.45) is 0 Å². The monoisotopic (exact) mass is 325 g/mol. The van der Waals surface area contributed by atoms with Crippen LogP contribution in [0.3, 0.4) is 0 Å². The van der Waals surface area contributed by atoms with E-state index in [1.165, 1.54) is 0 Å². The first kappa shape index (κ1) is 12.8. The molecule has 2 rings (SSSR count). The lowest BCUT2D eigenvalue weighted by molar-refractivity contribution is -0.203. The summed E-state index contributed by atoms with van der Waals surface area (Å²) < 4.78 is 38.1. The number of hydrogen-bond donors (Lipinski definition) is 1. The molecule has 0 aliphatic rings. The van der Waals surface area contributed by atoms with Crippen LogP contribution >= 0.6 is 27.3 Å². The maximum Gasteiger partial charge on any atom is 0.414 e. The molecule has 1 N–H and O–H groups in total. The van der Waals surface area contributed by atoms with Gasteiger partial charge in [0.25, 0.3) is 0 Å². The van der Waals surface area contributed by atoms with Crippen LogP contribution in [0.25, 0.3) is 10.2 Å². The molecule has 92 valence electrons. The molecule has 0 fully saturated rings. The summed E-state index contributed by atoms with van der Waals surface area (Å²) in [6.45, 7) is 0. The standard InChI is InChI=1S/C10H7BrF3NOS/c11-5-1-2-7-6(3-5)15-9(17-7)4-8(16)10(12,13)14/h1-3,8,16H,4H2. The summed E-state index contributed by atoms with van der Waals surface area (Å²) in [7, 11) is 0. The van der Waals surface area contributed by atoms with Crippen molar-refractivity contribution < 1.29 is 18.3 Å². The zero-order valence-electron chi connectivity index (χ0n) is 8.33. The van der Waals surface area contributed by atoms with Crippen LogP contribution in [0.5, 0.6) is 0 Å². The third kappa shape index (κ3) is 2.97. The number of nitrogens with zero attached hydrogens (tertiary/aromatic N) is 1. The number of aliphatic hydroxyl groups is 1. The van der Waals surface area contributed by atoms with E-state index in [2.05, 4.69) is 20.9 Å². The topological polar surface area (TPSA) is 33.1 Å². The van der Waals surface area contributed by atoms with E-state index in [4.69, 9.17) is 5.11 Å². The maximum atomic E-state index is 12.2. The van der Waals surface area contributed by atoms with Gasteiger partial charge in [-0.05, 0) is 18.2 Å². The van der Waals surface area contributed by atoms with Crippen molar-refractivity contribution in [2.75, 3.05) is 0 Å². The number of fused-ring (bicyclic) bond motifs is 1. The molecule has 2 nitrogen and oxygen atoms in total. The first-order valence-corrected chi connectivity index (χ1v) is 6.27. The van der Waals surface area contributed by atoms with Gasteiger partial charge in [0.05, 0.1) is 15.2 Å². The lowest BCUT2D eigenvalue weighted by atomic mass is 10.2. The lowest BCUT2D eigenvalue weighted by Gasteiger charge is -2.12. The van der Waals surface area contributed by atoms with Crippen LogP contribution < -0.4 is 0 Å². The van der Waals surface area contributed by atoms with E-state index in [0.717, 1.165) is 20.5 Å². The normalized spacial score (nSPS) is 14.2. The molecule has 0 bridgehead atoms. The molecule has 1 heterocycles. The predicted molar refractivity (Wildman–Crippen MR) is 63.1 cm³/mol. The molecule has 17 heavy (non-hydrogen) atoms. The van der Waals surface area contributed by atoms with E-state index in [1.54, 1.807) is 18.2 Å². The first-order chi connectivity index (χ1) is 7.86. The van der Waals surface area contributed by atoms with Gasteiger partial charge in [-0.1, -0.05) is 15.9 Å². The van der Waals surface area contributed by atoms with Crippen LogP contribution in [-0.2, 0) is 6.42 Å². The Morgan fingerprint density at radius 1 is 1.41 bits per heavy atom. The number of aromatic nitrogens is 1. The molecule has 0 aliphatic heterocycles. The van der Waals surface area contributed by atoms with Gasteiger partial charge in [0.2, 0.25) is 0 Å². The fourth-order valence-electron chi connectivity index (χ4n) is 1.32. The molecule has 1 atom stereocenters. The number of hydrogen-bond acceptors (Lipinski definition) is 3. The third-order valence-electron chi connectivity index (χ3n) is 2.14. The van der Waals surface area contributed by atoms with E-state index in [9.17, 15) is 13.2 Å². The van der Waals surface area contributed by atoms with Crippen molar-refractivity contribution in [1.29, 1.82) is 0 Å². The van der Waals surface area contributed by atoms with Crippen molar-refractivity contribution in [3.8, 4) is 0 Å². The second-order valence-electron chi connectivity index (χ2n) is 3.48. The summed E-state index contributed by atoms with van der Waals surface area (Å²) in [6.07, 6.45) is -7.45. The summed E-state index contributed by atoms with van der Waals surface area (Å²) in [5.74, 6) is 0. The van der Waals surface area contributed by atoms with Gasteiger partial charge in [0, 0.05) is 10.9 Å². The minimum Gasteiger partial charge on any atom is -0.383 e. The number of aliphatic hydroxyl groups excluding tert-OH is 1. The fraction of sp³-hybridized carbons (Fsp3) is 0.300. The van der Waals surface area contributed by atoms with Gasteiger partial charge in [-0.3, -0.25) is 0 Å². The van der Waals surface area contributed by atoms with E-state index in [-0.39, 0.29) is 5.01 Å². The fourth-order valence-corrected chi connectivity index (χ4v) is 2.65. The summed E-state index contributed by atoms with van der Waals surface area (Å²) in [5.41, 5.74) is 0.633. The summed E-state index contributed by atoms with van der Waals surface area (Å²) in [6, 6.07) is 5.31. The van der Waals surface area contributed by atoms with Crippen molar-refractivity contribution in [3.63, 3.8) is 0 Å². The van der Waals surface area contributed by atoms with Gasteiger partial charge in [-0.25, -0.2) is 4.98 Å². The van der Waals surface area contributed by atoms with Crippen LogP contribution in [0, 0.1) is 0 Å². The molecular weight excluding hydrogens is 319 g/mol. The molecule has 0 aliphatic carbocycles. The van der Waals surface area contributed by atoms with Crippen LogP contribution in [0.2, 0.25) is 0 Å². The van der Waals surface area contributed by atoms with E-state index < -0.39 is 18.7 Å². The molecule has 7 heteroatoms. The summed E-state index contributed by atoms with van der Waals surface area (Å²) >= 11 is 4.42. The Labute approximate surface area is 107 Å². The molecule has 0 amide bonds. The molecule has 2 aromatic rings. The zero-order valence-corrected chi connectivity index (χ0v) is 10.7. The number of alkyl halides is 3. The van der Waals surface area contributed by atoms with Crippen LogP contribution in [0.4, 0.5) is 13.2 Å². The van der Waals surface area contributed by atoms with Crippen LogP contribution in [0.1, 0.15) is 5.01 Å². The summed E-state index contributed by atoms with van der Waals surface area (Å²) in [5, 5.41) is 9.23. The minimum absolute atomic E-state index is 0.280. The van der Waals surface area contributed by atoms with E-state index in [1.807, 2.05) is 0 Å².